The predicted octanol–water partition coefficient (Wildman–Crippen LogP) is 2.20. The van der Waals surface area contributed by atoms with Crippen molar-refractivity contribution in [3.05, 3.63) is 0 Å². The molecule has 3 heteroatoms. The maximum atomic E-state index is 9.29. The number of rotatable bonds is 2. The monoisotopic (exact) mass is 170 g/mol. The maximum absolute atomic E-state index is 9.29. The molecule has 1 unspecified atom stereocenters. The van der Waals surface area contributed by atoms with Gasteiger partial charge < -0.3 is 5.11 Å². The van der Waals surface area contributed by atoms with Gasteiger partial charge in [-0.05, 0) is 13.8 Å². The van der Waals surface area contributed by atoms with Gasteiger partial charge in [0, 0.05) is 5.92 Å². The molecule has 0 saturated heterocycles. The van der Waals surface area contributed by atoms with E-state index in [9.17, 15) is 5.11 Å². The lowest BCUT2D eigenvalue weighted by molar-refractivity contribution is 0.0305. The summed E-state index contributed by atoms with van der Waals surface area (Å²) in [6.07, 6.45) is 0. The Labute approximate surface area is 66.0 Å². The van der Waals surface area contributed by atoms with E-state index in [1.165, 1.54) is 0 Å². The molecule has 0 rings (SSSR count). The van der Waals surface area contributed by atoms with E-state index in [0.29, 0.717) is 0 Å². The summed E-state index contributed by atoms with van der Waals surface area (Å²) in [4.78, 5) is -0.495. The van der Waals surface area contributed by atoms with E-state index in [0.717, 1.165) is 0 Å². The van der Waals surface area contributed by atoms with E-state index in [1.807, 2.05) is 6.92 Å². The second kappa shape index (κ2) is 3.09. The highest BCUT2D eigenvalue weighted by Gasteiger charge is 2.27. The lowest BCUT2D eigenvalue weighted by Gasteiger charge is -2.26. The van der Waals surface area contributed by atoms with Crippen LogP contribution < -0.4 is 0 Å². The highest BCUT2D eigenvalue weighted by Crippen LogP contribution is 2.25. The van der Waals surface area contributed by atoms with E-state index in [1.54, 1.807) is 13.8 Å². The van der Waals surface area contributed by atoms with Gasteiger partial charge in [-0.3, -0.25) is 0 Å². The summed E-state index contributed by atoms with van der Waals surface area (Å²) in [6, 6.07) is 0. The summed E-state index contributed by atoms with van der Waals surface area (Å²) >= 11 is 11.0. The first kappa shape index (κ1) is 9.54. The second-order valence-electron chi connectivity index (χ2n) is 2.78. The Kier molecular flexibility index (Phi) is 3.27. The zero-order valence-corrected chi connectivity index (χ0v) is 7.37. The van der Waals surface area contributed by atoms with Crippen molar-refractivity contribution in [1.82, 2.24) is 0 Å². The summed E-state index contributed by atoms with van der Waals surface area (Å²) in [6.45, 7) is 5.19. The van der Waals surface area contributed by atoms with Crippen molar-refractivity contribution in [2.45, 2.75) is 31.2 Å². The molecule has 0 aromatic carbocycles. The predicted molar refractivity (Wildman–Crippen MR) is 41.0 cm³/mol. The lowest BCUT2D eigenvalue weighted by atomic mass is 9.95. The molecule has 0 aliphatic heterocycles. The first-order chi connectivity index (χ1) is 3.85. The number of hydrogen-bond donors (Lipinski definition) is 1. The average Bonchev–Trinajstić information content (AvgIpc) is 1.62. The van der Waals surface area contributed by atoms with Gasteiger partial charge in [-0.15, -0.1) is 23.2 Å². The van der Waals surface area contributed by atoms with Gasteiger partial charge in [0.2, 0.25) is 0 Å². The summed E-state index contributed by atoms with van der Waals surface area (Å²) < 4.78 is 0. The Morgan fingerprint density at radius 2 is 1.67 bits per heavy atom. The number of halogens is 2. The van der Waals surface area contributed by atoms with Crippen LogP contribution in [0.25, 0.3) is 0 Å². The van der Waals surface area contributed by atoms with Gasteiger partial charge in [0.05, 0.1) is 5.60 Å². The fourth-order valence-electron chi connectivity index (χ4n) is 0.308. The van der Waals surface area contributed by atoms with Crippen LogP contribution in [0.4, 0.5) is 0 Å². The molecule has 56 valence electrons. The summed E-state index contributed by atoms with van der Waals surface area (Å²) in [5.74, 6) is -0.0965. The Balaban J connectivity index is 3.88. The highest BCUT2D eigenvalue weighted by molar-refractivity contribution is 6.44. The molecule has 0 aliphatic rings. The van der Waals surface area contributed by atoms with Crippen molar-refractivity contribution in [2.24, 2.45) is 5.92 Å². The molecule has 1 N–H and O–H groups in total. The van der Waals surface area contributed by atoms with E-state index < -0.39 is 10.4 Å². The van der Waals surface area contributed by atoms with Gasteiger partial charge in [0.25, 0.3) is 0 Å². The van der Waals surface area contributed by atoms with Gasteiger partial charge in [-0.2, -0.15) is 0 Å². The molecular weight excluding hydrogens is 159 g/mol. The topological polar surface area (TPSA) is 20.2 Å². The third-order valence-electron chi connectivity index (χ3n) is 1.49. The molecule has 0 saturated carbocycles. The summed E-state index contributed by atoms with van der Waals surface area (Å²) in [7, 11) is 0. The highest BCUT2D eigenvalue weighted by atomic mass is 35.5. The molecule has 9 heavy (non-hydrogen) atoms. The molecule has 0 heterocycles. The van der Waals surface area contributed by atoms with Gasteiger partial charge in [0.1, 0.15) is 4.84 Å². The Bertz CT molecular complexity index is 85.5. The molecule has 0 aromatic heterocycles. The summed E-state index contributed by atoms with van der Waals surface area (Å²) in [5.41, 5.74) is -0.784. The Morgan fingerprint density at radius 3 is 1.67 bits per heavy atom. The van der Waals surface area contributed by atoms with Crippen molar-refractivity contribution in [3.8, 4) is 0 Å². The Morgan fingerprint density at radius 1 is 1.33 bits per heavy atom. The SMILES string of the molecule is CC(C(Cl)Cl)C(C)(C)O. The van der Waals surface area contributed by atoms with Gasteiger partial charge >= 0.3 is 0 Å². The van der Waals surface area contributed by atoms with Crippen LogP contribution in [-0.2, 0) is 0 Å². The first-order valence-corrected chi connectivity index (χ1v) is 3.73. The van der Waals surface area contributed by atoms with E-state index in [-0.39, 0.29) is 5.92 Å². The Hall–Kier alpha value is 0.540. The molecule has 0 bridgehead atoms. The third-order valence-corrected chi connectivity index (χ3v) is 2.25. The molecule has 0 aromatic rings. The van der Waals surface area contributed by atoms with Gasteiger partial charge in [0.15, 0.2) is 0 Å². The van der Waals surface area contributed by atoms with Gasteiger partial charge in [-0.25, -0.2) is 0 Å². The number of aliphatic hydroxyl groups is 1. The van der Waals surface area contributed by atoms with Crippen LogP contribution in [0.2, 0.25) is 0 Å². The standard InChI is InChI=1S/C6H12Cl2O/c1-4(5(7)8)6(2,3)9/h4-5,9H,1-3H3. The van der Waals surface area contributed by atoms with Crippen LogP contribution in [0.5, 0.6) is 0 Å². The smallest absolute Gasteiger partial charge is 0.113 e. The van der Waals surface area contributed by atoms with Crippen LogP contribution in [0, 0.1) is 5.92 Å². The van der Waals surface area contributed by atoms with Crippen LogP contribution in [0.3, 0.4) is 0 Å². The molecule has 0 spiro atoms. The van der Waals surface area contributed by atoms with Crippen LogP contribution in [0.15, 0.2) is 0 Å². The minimum atomic E-state index is -0.784. The molecule has 0 radical (unpaired) electrons. The number of alkyl halides is 2. The minimum absolute atomic E-state index is 0.0965. The fraction of sp³-hybridized carbons (Fsp3) is 1.00. The van der Waals surface area contributed by atoms with Crippen LogP contribution in [-0.4, -0.2) is 15.5 Å². The normalized spacial score (nSPS) is 16.3. The maximum Gasteiger partial charge on any atom is 0.113 e. The average molecular weight is 171 g/mol. The van der Waals surface area contributed by atoms with E-state index >= 15 is 0 Å². The van der Waals surface area contributed by atoms with Crippen molar-refractivity contribution >= 4 is 23.2 Å². The zero-order chi connectivity index (χ0) is 7.65. The van der Waals surface area contributed by atoms with Crippen molar-refractivity contribution in [3.63, 3.8) is 0 Å². The second-order valence-corrected chi connectivity index (χ2v) is 3.94. The number of hydrogen-bond acceptors (Lipinski definition) is 1. The van der Waals surface area contributed by atoms with Crippen LogP contribution in [0.1, 0.15) is 20.8 Å². The van der Waals surface area contributed by atoms with Crippen molar-refractivity contribution in [2.75, 3.05) is 0 Å². The molecular formula is C6H12Cl2O. The van der Waals surface area contributed by atoms with Crippen molar-refractivity contribution < 1.29 is 5.11 Å². The molecule has 1 atom stereocenters. The molecule has 0 amide bonds. The first-order valence-electron chi connectivity index (χ1n) is 2.86. The van der Waals surface area contributed by atoms with E-state index in [4.69, 9.17) is 23.2 Å². The van der Waals surface area contributed by atoms with Gasteiger partial charge in [-0.1, -0.05) is 6.92 Å². The summed E-state index contributed by atoms with van der Waals surface area (Å²) in [5, 5.41) is 9.29. The molecule has 1 nitrogen and oxygen atoms in total. The van der Waals surface area contributed by atoms with Crippen LogP contribution >= 0.6 is 23.2 Å². The minimum Gasteiger partial charge on any atom is -0.390 e. The lowest BCUT2D eigenvalue weighted by Crippen LogP contribution is -2.32. The molecule has 0 aliphatic carbocycles. The van der Waals surface area contributed by atoms with E-state index in [2.05, 4.69) is 0 Å². The quantitative estimate of drug-likeness (QED) is 0.631. The largest absolute Gasteiger partial charge is 0.390 e. The third kappa shape index (κ3) is 3.29. The zero-order valence-electron chi connectivity index (χ0n) is 5.86. The van der Waals surface area contributed by atoms with Crippen molar-refractivity contribution in [1.29, 1.82) is 0 Å². The fourth-order valence-corrected chi connectivity index (χ4v) is 0.925. The molecule has 0 fully saturated rings.